The summed E-state index contributed by atoms with van der Waals surface area (Å²) in [5, 5.41) is 10.5. The SMILES string of the molecule is Cn1cc(C(=O)Nc2cccc(CNC(=O)OC(C)(C)C)c2)c(-c2ccccc2Cl)n1. The highest BCUT2D eigenvalue weighted by molar-refractivity contribution is 6.33. The van der Waals surface area contributed by atoms with Crippen LogP contribution in [0.15, 0.2) is 54.7 Å². The Labute approximate surface area is 186 Å². The van der Waals surface area contributed by atoms with Gasteiger partial charge in [0, 0.05) is 31.0 Å². The van der Waals surface area contributed by atoms with Crippen LogP contribution in [0.4, 0.5) is 10.5 Å². The number of carbonyl (C=O) groups excluding carboxylic acids is 2. The van der Waals surface area contributed by atoms with Crippen molar-refractivity contribution in [3.05, 3.63) is 70.9 Å². The number of benzene rings is 2. The lowest BCUT2D eigenvalue weighted by molar-refractivity contribution is 0.0523. The fourth-order valence-electron chi connectivity index (χ4n) is 2.95. The van der Waals surface area contributed by atoms with Gasteiger partial charge in [0.25, 0.3) is 5.91 Å². The lowest BCUT2D eigenvalue weighted by Gasteiger charge is -2.19. The van der Waals surface area contributed by atoms with Gasteiger partial charge >= 0.3 is 6.09 Å². The van der Waals surface area contributed by atoms with Gasteiger partial charge in [-0.1, -0.05) is 41.9 Å². The number of rotatable bonds is 5. The molecule has 0 aliphatic heterocycles. The second-order valence-electron chi connectivity index (χ2n) is 8.05. The molecule has 7 nitrogen and oxygen atoms in total. The number of anilines is 1. The monoisotopic (exact) mass is 440 g/mol. The highest BCUT2D eigenvalue weighted by Crippen LogP contribution is 2.29. The molecule has 2 N–H and O–H groups in total. The van der Waals surface area contributed by atoms with E-state index in [0.29, 0.717) is 27.5 Å². The van der Waals surface area contributed by atoms with Crippen LogP contribution in [-0.2, 0) is 18.3 Å². The number of amides is 2. The standard InChI is InChI=1S/C23H25ClN4O3/c1-23(2,3)31-22(30)25-13-15-8-7-9-16(12-15)26-21(29)18-14-28(4)27-20(18)17-10-5-6-11-19(17)24/h5-12,14H,13H2,1-4H3,(H,25,30)(H,26,29). The summed E-state index contributed by atoms with van der Waals surface area (Å²) < 4.78 is 6.82. The van der Waals surface area contributed by atoms with Crippen LogP contribution in [0.2, 0.25) is 5.02 Å². The Morgan fingerprint density at radius 2 is 1.87 bits per heavy atom. The van der Waals surface area contributed by atoms with Gasteiger partial charge in [-0.25, -0.2) is 4.79 Å². The first-order chi connectivity index (χ1) is 14.6. The average Bonchev–Trinajstić information content (AvgIpc) is 3.07. The van der Waals surface area contributed by atoms with Crippen molar-refractivity contribution >= 4 is 29.3 Å². The van der Waals surface area contributed by atoms with Crippen LogP contribution < -0.4 is 10.6 Å². The first-order valence-corrected chi connectivity index (χ1v) is 10.2. The van der Waals surface area contributed by atoms with Gasteiger partial charge in [0.1, 0.15) is 11.3 Å². The molecule has 0 saturated carbocycles. The molecule has 162 valence electrons. The number of alkyl carbamates (subject to hydrolysis) is 1. The highest BCUT2D eigenvalue weighted by Gasteiger charge is 2.19. The molecule has 0 spiro atoms. The lowest BCUT2D eigenvalue weighted by Crippen LogP contribution is -2.32. The number of aromatic nitrogens is 2. The quantitative estimate of drug-likeness (QED) is 0.583. The summed E-state index contributed by atoms with van der Waals surface area (Å²) >= 11 is 6.30. The summed E-state index contributed by atoms with van der Waals surface area (Å²) in [6, 6.07) is 14.5. The van der Waals surface area contributed by atoms with Crippen LogP contribution in [0.1, 0.15) is 36.7 Å². The average molecular weight is 441 g/mol. The molecule has 0 unspecified atom stereocenters. The van der Waals surface area contributed by atoms with Crippen LogP contribution in [0.5, 0.6) is 0 Å². The van der Waals surface area contributed by atoms with Gasteiger partial charge < -0.3 is 15.4 Å². The number of nitrogens with zero attached hydrogens (tertiary/aromatic N) is 2. The predicted octanol–water partition coefficient (Wildman–Crippen LogP) is 5.02. The topological polar surface area (TPSA) is 85.2 Å². The maximum Gasteiger partial charge on any atom is 0.407 e. The zero-order valence-corrected chi connectivity index (χ0v) is 18.7. The molecule has 8 heteroatoms. The Morgan fingerprint density at radius 1 is 1.13 bits per heavy atom. The summed E-state index contributed by atoms with van der Waals surface area (Å²) in [6.07, 6.45) is 1.16. The molecule has 0 fully saturated rings. The van der Waals surface area contributed by atoms with Crippen LogP contribution in [0, 0.1) is 0 Å². The Morgan fingerprint density at radius 3 is 2.58 bits per heavy atom. The second kappa shape index (κ2) is 9.22. The van der Waals surface area contributed by atoms with Crippen molar-refractivity contribution in [1.29, 1.82) is 0 Å². The Bertz CT molecular complexity index is 1100. The van der Waals surface area contributed by atoms with Gasteiger partial charge in [-0.15, -0.1) is 0 Å². The zero-order chi connectivity index (χ0) is 22.6. The number of hydrogen-bond donors (Lipinski definition) is 2. The van der Waals surface area contributed by atoms with E-state index in [9.17, 15) is 9.59 Å². The van der Waals surface area contributed by atoms with E-state index in [-0.39, 0.29) is 12.5 Å². The van der Waals surface area contributed by atoms with E-state index in [1.165, 1.54) is 0 Å². The molecule has 0 radical (unpaired) electrons. The first-order valence-electron chi connectivity index (χ1n) is 9.78. The summed E-state index contributed by atoms with van der Waals surface area (Å²) in [5.74, 6) is -0.305. The van der Waals surface area contributed by atoms with E-state index in [0.717, 1.165) is 5.56 Å². The van der Waals surface area contributed by atoms with Crippen molar-refractivity contribution in [2.24, 2.45) is 7.05 Å². The highest BCUT2D eigenvalue weighted by atomic mass is 35.5. The Balaban J connectivity index is 1.73. The number of nitrogens with one attached hydrogen (secondary N) is 2. The molecule has 2 amide bonds. The number of halogens is 1. The molecule has 2 aromatic carbocycles. The lowest BCUT2D eigenvalue weighted by atomic mass is 10.1. The van der Waals surface area contributed by atoms with E-state index in [2.05, 4.69) is 15.7 Å². The predicted molar refractivity (Wildman–Crippen MR) is 121 cm³/mol. The van der Waals surface area contributed by atoms with Gasteiger partial charge in [0.05, 0.1) is 10.6 Å². The molecule has 1 aromatic heterocycles. The van der Waals surface area contributed by atoms with Crippen molar-refractivity contribution in [1.82, 2.24) is 15.1 Å². The summed E-state index contributed by atoms with van der Waals surface area (Å²) in [7, 11) is 1.75. The minimum absolute atomic E-state index is 0.274. The van der Waals surface area contributed by atoms with Crippen molar-refractivity contribution < 1.29 is 14.3 Å². The van der Waals surface area contributed by atoms with Crippen molar-refractivity contribution in [3.8, 4) is 11.3 Å². The number of ether oxygens (including phenoxy) is 1. The fraction of sp³-hybridized carbons (Fsp3) is 0.261. The minimum Gasteiger partial charge on any atom is -0.444 e. The van der Waals surface area contributed by atoms with E-state index in [1.54, 1.807) is 63.0 Å². The molecule has 31 heavy (non-hydrogen) atoms. The number of aryl methyl sites for hydroxylation is 1. The normalized spacial score (nSPS) is 11.1. The van der Waals surface area contributed by atoms with Crippen molar-refractivity contribution in [2.45, 2.75) is 32.9 Å². The summed E-state index contributed by atoms with van der Waals surface area (Å²) in [4.78, 5) is 24.8. The molecule has 0 aliphatic rings. The van der Waals surface area contributed by atoms with E-state index >= 15 is 0 Å². The van der Waals surface area contributed by atoms with Crippen molar-refractivity contribution in [2.75, 3.05) is 5.32 Å². The van der Waals surface area contributed by atoms with Crippen LogP contribution in [0.3, 0.4) is 0 Å². The summed E-state index contributed by atoms with van der Waals surface area (Å²) in [5.41, 5.74) is 2.46. The van der Waals surface area contributed by atoms with Crippen molar-refractivity contribution in [3.63, 3.8) is 0 Å². The van der Waals surface area contributed by atoms with Gasteiger partial charge in [0.2, 0.25) is 0 Å². The Kier molecular flexibility index (Phi) is 6.65. The fourth-order valence-corrected chi connectivity index (χ4v) is 3.18. The molecule has 1 heterocycles. The largest absolute Gasteiger partial charge is 0.444 e. The number of hydrogen-bond acceptors (Lipinski definition) is 4. The molecule has 3 aromatic rings. The van der Waals surface area contributed by atoms with Crippen LogP contribution >= 0.6 is 11.6 Å². The van der Waals surface area contributed by atoms with Crippen LogP contribution in [-0.4, -0.2) is 27.4 Å². The third kappa shape index (κ3) is 6.08. The minimum atomic E-state index is -0.566. The molecular formula is C23H25ClN4O3. The number of carbonyl (C=O) groups is 2. The third-order valence-corrected chi connectivity index (χ3v) is 4.55. The molecule has 3 rings (SSSR count). The Hall–Kier alpha value is -3.32. The smallest absolute Gasteiger partial charge is 0.407 e. The zero-order valence-electron chi connectivity index (χ0n) is 17.9. The van der Waals surface area contributed by atoms with Gasteiger partial charge in [-0.2, -0.15) is 5.10 Å². The van der Waals surface area contributed by atoms with E-state index < -0.39 is 11.7 Å². The maximum atomic E-state index is 13.0. The second-order valence-corrected chi connectivity index (χ2v) is 8.46. The first kappa shape index (κ1) is 22.4. The van der Waals surface area contributed by atoms with Gasteiger partial charge in [-0.05, 0) is 44.5 Å². The van der Waals surface area contributed by atoms with E-state index in [4.69, 9.17) is 16.3 Å². The molecule has 0 aliphatic carbocycles. The maximum absolute atomic E-state index is 13.0. The van der Waals surface area contributed by atoms with Crippen LogP contribution in [0.25, 0.3) is 11.3 Å². The molecule has 0 atom stereocenters. The van der Waals surface area contributed by atoms with E-state index in [1.807, 2.05) is 24.3 Å². The molecule has 0 saturated heterocycles. The third-order valence-electron chi connectivity index (χ3n) is 4.22. The van der Waals surface area contributed by atoms with Gasteiger partial charge in [-0.3, -0.25) is 9.48 Å². The molecule has 0 bridgehead atoms. The van der Waals surface area contributed by atoms with Gasteiger partial charge in [0.15, 0.2) is 0 Å². The molecular weight excluding hydrogens is 416 g/mol. The summed E-state index contributed by atoms with van der Waals surface area (Å²) in [6.45, 7) is 5.69.